The van der Waals surface area contributed by atoms with Crippen LogP contribution in [0.4, 0.5) is 5.69 Å². The lowest BCUT2D eigenvalue weighted by atomic mass is 9.99. The molecule has 39 heavy (non-hydrogen) atoms. The maximum atomic E-state index is 13.7. The zero-order chi connectivity index (χ0) is 27.7. The van der Waals surface area contributed by atoms with Crippen LogP contribution in [0.1, 0.15) is 42.6 Å². The zero-order valence-electron chi connectivity index (χ0n) is 23.4. The van der Waals surface area contributed by atoms with Crippen LogP contribution in [0.5, 0.6) is 5.75 Å². The van der Waals surface area contributed by atoms with E-state index in [1.165, 1.54) is 12.8 Å². The van der Waals surface area contributed by atoms with E-state index in [9.17, 15) is 14.7 Å². The second-order valence-corrected chi connectivity index (χ2v) is 11.5. The molecule has 0 saturated heterocycles. The second-order valence-electron chi connectivity index (χ2n) is 11.5. The minimum absolute atomic E-state index is 0.0813. The molecule has 1 aromatic heterocycles. The van der Waals surface area contributed by atoms with E-state index >= 15 is 0 Å². The van der Waals surface area contributed by atoms with Crippen molar-refractivity contribution < 1.29 is 19.4 Å². The molecule has 1 aliphatic heterocycles. The van der Waals surface area contributed by atoms with E-state index in [0.29, 0.717) is 23.5 Å². The van der Waals surface area contributed by atoms with Gasteiger partial charge >= 0.3 is 0 Å². The number of likely N-dealkylation sites (N-methyl/N-ethyl adjacent to an activating group) is 1. The van der Waals surface area contributed by atoms with Gasteiger partial charge in [0.2, 0.25) is 5.91 Å². The highest BCUT2D eigenvalue weighted by molar-refractivity contribution is 6.00. The Morgan fingerprint density at radius 3 is 2.72 bits per heavy atom. The number of aryl methyl sites for hydroxylation is 1. The van der Waals surface area contributed by atoms with Crippen molar-refractivity contribution >= 4 is 28.4 Å². The minimum Gasteiger partial charge on any atom is -0.488 e. The summed E-state index contributed by atoms with van der Waals surface area (Å²) in [5.41, 5.74) is 2.98. The fourth-order valence-corrected chi connectivity index (χ4v) is 5.59. The summed E-state index contributed by atoms with van der Waals surface area (Å²) in [4.78, 5) is 30.8. The topological polar surface area (TPSA) is 87.0 Å². The lowest BCUT2D eigenvalue weighted by molar-refractivity contribution is -0.115. The molecule has 1 aliphatic carbocycles. The maximum absolute atomic E-state index is 13.7. The summed E-state index contributed by atoms with van der Waals surface area (Å²) in [6, 6.07) is 13.0. The van der Waals surface area contributed by atoms with Crippen LogP contribution >= 0.6 is 0 Å². The van der Waals surface area contributed by atoms with Gasteiger partial charge < -0.3 is 29.5 Å². The van der Waals surface area contributed by atoms with Gasteiger partial charge in [-0.05, 0) is 62.6 Å². The molecule has 2 aliphatic rings. The normalized spacial score (nSPS) is 20.4. The average Bonchev–Trinajstić information content (AvgIpc) is 3.68. The molecule has 8 heteroatoms. The van der Waals surface area contributed by atoms with E-state index < -0.39 is 0 Å². The third-order valence-electron chi connectivity index (χ3n) is 8.04. The number of carbonyl (C=O) groups is 2. The number of hydrogen-bond acceptors (Lipinski definition) is 5. The number of carbonyl (C=O) groups excluding carboxylic acids is 2. The molecule has 5 rings (SSSR count). The first-order chi connectivity index (χ1) is 18.7. The first-order valence-corrected chi connectivity index (χ1v) is 14.0. The Hall–Kier alpha value is -3.36. The molecule has 3 aromatic rings. The Morgan fingerprint density at radius 1 is 1.21 bits per heavy atom. The Bertz CT molecular complexity index is 1350. The number of nitrogens with one attached hydrogen (secondary N) is 1. The van der Waals surface area contributed by atoms with Crippen LogP contribution in [0.15, 0.2) is 48.7 Å². The van der Waals surface area contributed by atoms with Crippen molar-refractivity contribution in [3.05, 3.63) is 59.8 Å². The lowest BCUT2D eigenvalue weighted by Crippen LogP contribution is -2.50. The third-order valence-corrected chi connectivity index (χ3v) is 8.04. The molecule has 1 fully saturated rings. The van der Waals surface area contributed by atoms with Crippen LogP contribution in [-0.4, -0.2) is 76.7 Å². The molecule has 2 aromatic carbocycles. The van der Waals surface area contributed by atoms with Crippen molar-refractivity contribution in [1.82, 2.24) is 14.4 Å². The van der Waals surface area contributed by atoms with Gasteiger partial charge in [-0.2, -0.15) is 0 Å². The van der Waals surface area contributed by atoms with Gasteiger partial charge in [-0.1, -0.05) is 25.1 Å². The standard InChI is InChI=1S/C31H40N4O4/c1-20-15-35(21(2)19-36)31(38)26-14-24(11-12-28(26)39-29(20)18-33(3)16-22-9-10-22)32-30(37)13-23-17-34(4)27-8-6-5-7-25(23)27/h5-8,11-12,14,17,20-22,29,36H,9-10,13,15-16,18-19H2,1-4H3,(H,32,37)/t20-,21+,29-/m0/s1. The molecule has 0 radical (unpaired) electrons. The number of anilines is 1. The molecule has 0 unspecified atom stereocenters. The number of amides is 2. The van der Waals surface area contributed by atoms with Crippen LogP contribution in [0, 0.1) is 11.8 Å². The van der Waals surface area contributed by atoms with Crippen molar-refractivity contribution in [2.75, 3.05) is 38.6 Å². The first-order valence-electron chi connectivity index (χ1n) is 14.0. The summed E-state index contributed by atoms with van der Waals surface area (Å²) in [7, 11) is 4.10. The SMILES string of the molecule is C[C@H](CO)N1C[C@H](C)[C@H](CN(C)CC2CC2)Oc2ccc(NC(=O)Cc3cn(C)c4ccccc34)cc2C1=O. The Balaban J connectivity index is 1.38. The molecule has 2 heterocycles. The highest BCUT2D eigenvalue weighted by Gasteiger charge is 2.34. The van der Waals surface area contributed by atoms with E-state index in [1.54, 1.807) is 23.1 Å². The van der Waals surface area contributed by atoms with Crippen LogP contribution < -0.4 is 10.1 Å². The van der Waals surface area contributed by atoms with E-state index in [4.69, 9.17) is 4.74 Å². The predicted molar refractivity (Wildman–Crippen MR) is 153 cm³/mol. The van der Waals surface area contributed by atoms with Gasteiger partial charge in [0.05, 0.1) is 24.6 Å². The van der Waals surface area contributed by atoms with Gasteiger partial charge in [-0.25, -0.2) is 0 Å². The molecule has 2 N–H and O–H groups in total. The van der Waals surface area contributed by atoms with Crippen molar-refractivity contribution in [3.8, 4) is 5.75 Å². The van der Waals surface area contributed by atoms with Gasteiger partial charge in [0.1, 0.15) is 11.9 Å². The monoisotopic (exact) mass is 532 g/mol. The number of para-hydroxylation sites is 1. The number of nitrogens with zero attached hydrogens (tertiary/aromatic N) is 3. The van der Waals surface area contributed by atoms with Gasteiger partial charge in [-0.15, -0.1) is 0 Å². The number of benzene rings is 2. The van der Waals surface area contributed by atoms with Crippen LogP contribution in [0.2, 0.25) is 0 Å². The number of hydrogen-bond donors (Lipinski definition) is 2. The molecular weight excluding hydrogens is 492 g/mol. The quantitative estimate of drug-likeness (QED) is 0.436. The molecule has 0 bridgehead atoms. The van der Waals surface area contributed by atoms with Gasteiger partial charge in [0, 0.05) is 55.4 Å². The van der Waals surface area contributed by atoms with Crippen LogP contribution in [0.3, 0.4) is 0 Å². The third kappa shape index (κ3) is 6.12. The Kier molecular flexibility index (Phi) is 7.96. The highest BCUT2D eigenvalue weighted by atomic mass is 16.5. The summed E-state index contributed by atoms with van der Waals surface area (Å²) < 4.78 is 8.52. The second kappa shape index (κ2) is 11.4. The Morgan fingerprint density at radius 2 is 1.97 bits per heavy atom. The van der Waals surface area contributed by atoms with E-state index in [0.717, 1.165) is 35.5 Å². The highest BCUT2D eigenvalue weighted by Crippen LogP contribution is 2.32. The fraction of sp³-hybridized carbons (Fsp3) is 0.484. The van der Waals surface area contributed by atoms with Crippen LogP contribution in [0.25, 0.3) is 10.9 Å². The molecule has 3 atom stereocenters. The number of aliphatic hydroxyl groups is 1. The van der Waals surface area contributed by atoms with Crippen LogP contribution in [-0.2, 0) is 18.3 Å². The van der Waals surface area contributed by atoms with Crippen molar-refractivity contribution in [2.24, 2.45) is 18.9 Å². The van der Waals surface area contributed by atoms with Crippen molar-refractivity contribution in [2.45, 2.75) is 45.3 Å². The Labute approximate surface area is 230 Å². The van der Waals surface area contributed by atoms with Gasteiger partial charge in [-0.3, -0.25) is 9.59 Å². The predicted octanol–water partition coefficient (Wildman–Crippen LogP) is 3.92. The van der Waals surface area contributed by atoms with E-state index in [1.807, 2.05) is 49.0 Å². The summed E-state index contributed by atoms with van der Waals surface area (Å²) in [6.07, 6.45) is 4.68. The molecular formula is C31H40N4O4. The molecule has 1 saturated carbocycles. The summed E-state index contributed by atoms with van der Waals surface area (Å²) in [5.74, 6) is 1.02. The molecule has 208 valence electrons. The van der Waals surface area contributed by atoms with Crippen molar-refractivity contribution in [1.29, 1.82) is 0 Å². The summed E-state index contributed by atoms with van der Waals surface area (Å²) in [5, 5.41) is 13.9. The molecule has 8 nitrogen and oxygen atoms in total. The number of ether oxygens (including phenoxy) is 1. The summed E-state index contributed by atoms with van der Waals surface area (Å²) >= 11 is 0. The fourth-order valence-electron chi connectivity index (χ4n) is 5.59. The molecule has 0 spiro atoms. The number of aromatic nitrogens is 1. The van der Waals surface area contributed by atoms with E-state index in [-0.39, 0.29) is 42.9 Å². The minimum atomic E-state index is -0.333. The van der Waals surface area contributed by atoms with Gasteiger partial charge in [0.15, 0.2) is 0 Å². The number of rotatable bonds is 9. The largest absolute Gasteiger partial charge is 0.488 e. The average molecular weight is 533 g/mol. The van der Waals surface area contributed by atoms with E-state index in [2.05, 4.69) is 24.2 Å². The number of aliphatic hydroxyl groups excluding tert-OH is 1. The summed E-state index contributed by atoms with van der Waals surface area (Å²) in [6.45, 7) is 6.14. The zero-order valence-corrected chi connectivity index (χ0v) is 23.4. The maximum Gasteiger partial charge on any atom is 0.258 e. The molecule has 2 amide bonds. The van der Waals surface area contributed by atoms with Crippen molar-refractivity contribution in [3.63, 3.8) is 0 Å². The smallest absolute Gasteiger partial charge is 0.258 e. The first kappa shape index (κ1) is 27.2. The lowest BCUT2D eigenvalue weighted by Gasteiger charge is -2.38. The number of fused-ring (bicyclic) bond motifs is 2. The van der Waals surface area contributed by atoms with Gasteiger partial charge in [0.25, 0.3) is 5.91 Å².